The lowest BCUT2D eigenvalue weighted by Gasteiger charge is -2.13. The lowest BCUT2D eigenvalue weighted by Crippen LogP contribution is -2.34. The summed E-state index contributed by atoms with van der Waals surface area (Å²) < 4.78 is 11.0. The molecule has 0 heterocycles. The zero-order valence-corrected chi connectivity index (χ0v) is 14.6. The van der Waals surface area contributed by atoms with Crippen molar-refractivity contribution in [3.8, 4) is 11.5 Å². The summed E-state index contributed by atoms with van der Waals surface area (Å²) in [5.74, 6) is 1.51. The Balaban J connectivity index is 2.46. The Labute approximate surface area is 139 Å². The molecule has 0 spiro atoms. The molecule has 1 aromatic carbocycles. The number of hydrogen-bond donors (Lipinski definition) is 2. The minimum atomic E-state index is 0.0182. The number of amides is 1. The number of methoxy groups -OCH3 is 1. The first kappa shape index (κ1) is 19.0. The SMILES string of the molecule is C=C(C)COc1cc(CNCCNC(=O)C(C)C)ccc1OC. The fourth-order valence-electron chi connectivity index (χ4n) is 1.86. The van der Waals surface area contributed by atoms with Crippen LogP contribution < -0.4 is 20.1 Å². The van der Waals surface area contributed by atoms with E-state index in [1.54, 1.807) is 7.11 Å². The van der Waals surface area contributed by atoms with Crippen LogP contribution in [-0.4, -0.2) is 32.7 Å². The van der Waals surface area contributed by atoms with Crippen LogP contribution in [0.4, 0.5) is 0 Å². The summed E-state index contributed by atoms with van der Waals surface area (Å²) in [5.41, 5.74) is 2.05. The van der Waals surface area contributed by atoms with E-state index in [0.717, 1.165) is 11.1 Å². The molecule has 0 aliphatic heterocycles. The van der Waals surface area contributed by atoms with E-state index in [1.807, 2.05) is 39.0 Å². The summed E-state index contributed by atoms with van der Waals surface area (Å²) >= 11 is 0. The maximum absolute atomic E-state index is 11.4. The third-order valence-electron chi connectivity index (χ3n) is 3.16. The number of hydrogen-bond acceptors (Lipinski definition) is 4. The van der Waals surface area contributed by atoms with Gasteiger partial charge >= 0.3 is 0 Å². The molecule has 1 amide bonds. The van der Waals surface area contributed by atoms with Crippen LogP contribution in [0.15, 0.2) is 30.4 Å². The first-order chi connectivity index (χ1) is 10.9. The molecular weight excluding hydrogens is 292 g/mol. The molecule has 0 aliphatic rings. The molecule has 0 fully saturated rings. The Kier molecular flexibility index (Phi) is 8.19. The Bertz CT molecular complexity index is 527. The lowest BCUT2D eigenvalue weighted by atomic mass is 10.2. The van der Waals surface area contributed by atoms with Gasteiger partial charge in [-0.3, -0.25) is 4.79 Å². The average molecular weight is 320 g/mol. The van der Waals surface area contributed by atoms with Crippen LogP contribution in [0.1, 0.15) is 26.3 Å². The molecule has 5 nitrogen and oxygen atoms in total. The zero-order chi connectivity index (χ0) is 17.2. The van der Waals surface area contributed by atoms with E-state index < -0.39 is 0 Å². The Hall–Kier alpha value is -2.01. The van der Waals surface area contributed by atoms with Crippen LogP contribution >= 0.6 is 0 Å². The van der Waals surface area contributed by atoms with E-state index in [9.17, 15) is 4.79 Å². The molecule has 5 heteroatoms. The molecule has 0 bridgehead atoms. The van der Waals surface area contributed by atoms with Crippen molar-refractivity contribution in [3.63, 3.8) is 0 Å². The monoisotopic (exact) mass is 320 g/mol. The van der Waals surface area contributed by atoms with Crippen molar-refractivity contribution in [1.29, 1.82) is 0 Å². The van der Waals surface area contributed by atoms with Crippen molar-refractivity contribution in [2.24, 2.45) is 5.92 Å². The predicted octanol–water partition coefficient (Wildman–Crippen LogP) is 2.51. The number of carbonyl (C=O) groups is 1. The van der Waals surface area contributed by atoms with E-state index in [0.29, 0.717) is 37.7 Å². The van der Waals surface area contributed by atoms with E-state index in [4.69, 9.17) is 9.47 Å². The minimum Gasteiger partial charge on any atom is -0.493 e. The van der Waals surface area contributed by atoms with Crippen LogP contribution in [0.25, 0.3) is 0 Å². The second kappa shape index (κ2) is 9.90. The predicted molar refractivity (Wildman–Crippen MR) is 92.9 cm³/mol. The van der Waals surface area contributed by atoms with Crippen molar-refractivity contribution >= 4 is 5.91 Å². The van der Waals surface area contributed by atoms with Gasteiger partial charge in [0.15, 0.2) is 11.5 Å². The molecule has 1 aromatic rings. The van der Waals surface area contributed by atoms with Gasteiger partial charge in [0.05, 0.1) is 7.11 Å². The van der Waals surface area contributed by atoms with Crippen molar-refractivity contribution in [2.45, 2.75) is 27.3 Å². The molecule has 0 saturated carbocycles. The van der Waals surface area contributed by atoms with Crippen LogP contribution in [0.5, 0.6) is 11.5 Å². The Morgan fingerprint density at radius 1 is 1.26 bits per heavy atom. The summed E-state index contributed by atoms with van der Waals surface area (Å²) in [5, 5.41) is 6.17. The van der Waals surface area contributed by atoms with E-state index >= 15 is 0 Å². The Morgan fingerprint density at radius 3 is 2.61 bits per heavy atom. The lowest BCUT2D eigenvalue weighted by molar-refractivity contribution is -0.123. The number of ether oxygens (including phenoxy) is 2. The molecule has 0 atom stereocenters. The molecular formula is C18H28N2O3. The summed E-state index contributed by atoms with van der Waals surface area (Å²) in [6.45, 7) is 12.0. The molecule has 128 valence electrons. The third-order valence-corrected chi connectivity index (χ3v) is 3.16. The largest absolute Gasteiger partial charge is 0.493 e. The topological polar surface area (TPSA) is 59.6 Å². The molecule has 1 rings (SSSR count). The van der Waals surface area contributed by atoms with E-state index in [2.05, 4.69) is 17.2 Å². The van der Waals surface area contributed by atoms with Gasteiger partial charge in [0.1, 0.15) is 6.61 Å². The van der Waals surface area contributed by atoms with Gasteiger partial charge in [-0.05, 0) is 30.2 Å². The highest BCUT2D eigenvalue weighted by Crippen LogP contribution is 2.28. The number of carbonyl (C=O) groups excluding carboxylic acids is 1. The number of nitrogens with one attached hydrogen (secondary N) is 2. The van der Waals surface area contributed by atoms with Crippen molar-refractivity contribution in [3.05, 3.63) is 35.9 Å². The highest BCUT2D eigenvalue weighted by molar-refractivity contribution is 5.77. The van der Waals surface area contributed by atoms with Gasteiger partial charge < -0.3 is 20.1 Å². The van der Waals surface area contributed by atoms with Gasteiger partial charge in [-0.1, -0.05) is 26.5 Å². The first-order valence-corrected chi connectivity index (χ1v) is 7.86. The fourth-order valence-corrected chi connectivity index (χ4v) is 1.86. The van der Waals surface area contributed by atoms with Gasteiger partial charge in [0, 0.05) is 25.6 Å². The van der Waals surface area contributed by atoms with Gasteiger partial charge in [0.25, 0.3) is 0 Å². The maximum Gasteiger partial charge on any atom is 0.222 e. The van der Waals surface area contributed by atoms with Crippen molar-refractivity contribution < 1.29 is 14.3 Å². The van der Waals surface area contributed by atoms with Crippen molar-refractivity contribution in [2.75, 3.05) is 26.8 Å². The van der Waals surface area contributed by atoms with Gasteiger partial charge in [0.2, 0.25) is 5.91 Å². The molecule has 0 aliphatic carbocycles. The zero-order valence-electron chi connectivity index (χ0n) is 14.6. The molecule has 0 saturated heterocycles. The second-order valence-electron chi connectivity index (χ2n) is 5.85. The highest BCUT2D eigenvalue weighted by Gasteiger charge is 2.07. The minimum absolute atomic E-state index is 0.0182. The third kappa shape index (κ3) is 7.19. The summed E-state index contributed by atoms with van der Waals surface area (Å²) in [6.07, 6.45) is 0. The molecule has 0 aromatic heterocycles. The quantitative estimate of drug-likeness (QED) is 0.514. The number of benzene rings is 1. The molecule has 0 radical (unpaired) electrons. The van der Waals surface area contributed by atoms with E-state index in [-0.39, 0.29) is 11.8 Å². The average Bonchev–Trinajstić information content (AvgIpc) is 2.52. The number of rotatable bonds is 10. The second-order valence-corrected chi connectivity index (χ2v) is 5.85. The molecule has 2 N–H and O–H groups in total. The highest BCUT2D eigenvalue weighted by atomic mass is 16.5. The fraction of sp³-hybridized carbons (Fsp3) is 0.500. The molecule has 0 unspecified atom stereocenters. The standard InChI is InChI=1S/C18H28N2O3/c1-13(2)12-23-17-10-15(6-7-16(17)22-5)11-19-8-9-20-18(21)14(3)4/h6-7,10,14,19H,1,8-9,11-12H2,2-5H3,(H,20,21). The van der Waals surface area contributed by atoms with Gasteiger partial charge in [-0.25, -0.2) is 0 Å². The molecule has 23 heavy (non-hydrogen) atoms. The summed E-state index contributed by atoms with van der Waals surface area (Å²) in [6, 6.07) is 5.85. The first-order valence-electron chi connectivity index (χ1n) is 7.86. The van der Waals surface area contributed by atoms with Gasteiger partial charge in [-0.15, -0.1) is 0 Å². The normalized spacial score (nSPS) is 10.5. The smallest absolute Gasteiger partial charge is 0.222 e. The summed E-state index contributed by atoms with van der Waals surface area (Å²) in [4.78, 5) is 11.4. The van der Waals surface area contributed by atoms with Crippen LogP contribution in [-0.2, 0) is 11.3 Å². The van der Waals surface area contributed by atoms with Crippen molar-refractivity contribution in [1.82, 2.24) is 10.6 Å². The van der Waals surface area contributed by atoms with Gasteiger partial charge in [-0.2, -0.15) is 0 Å². The van der Waals surface area contributed by atoms with Crippen LogP contribution in [0.2, 0.25) is 0 Å². The summed E-state index contributed by atoms with van der Waals surface area (Å²) in [7, 11) is 1.62. The van der Waals surface area contributed by atoms with Crippen LogP contribution in [0.3, 0.4) is 0 Å². The van der Waals surface area contributed by atoms with Crippen LogP contribution in [0, 0.1) is 5.92 Å². The van der Waals surface area contributed by atoms with E-state index in [1.165, 1.54) is 0 Å². The Morgan fingerprint density at radius 2 is 2.00 bits per heavy atom. The maximum atomic E-state index is 11.4.